The molecule has 0 bridgehead atoms. The van der Waals surface area contributed by atoms with Gasteiger partial charge in [-0.2, -0.15) is 5.26 Å². The number of para-hydroxylation sites is 1. The number of nitriles is 1. The monoisotopic (exact) mass is 344 g/mol. The SMILES string of the molecule is Cc1ccc(C)c([C@H]2C(C#N)=C(N)Oc3c2c(=O)oc2ccccc32)c1. The van der Waals surface area contributed by atoms with E-state index in [2.05, 4.69) is 6.07 Å². The third-order valence-electron chi connectivity index (χ3n) is 4.72. The average Bonchev–Trinajstić information content (AvgIpc) is 2.63. The van der Waals surface area contributed by atoms with E-state index in [9.17, 15) is 10.1 Å². The number of fused-ring (bicyclic) bond motifs is 3. The molecule has 1 aliphatic rings. The molecular weight excluding hydrogens is 328 g/mol. The van der Waals surface area contributed by atoms with Gasteiger partial charge in [-0.05, 0) is 37.1 Å². The highest BCUT2D eigenvalue weighted by atomic mass is 16.5. The molecule has 0 spiro atoms. The average molecular weight is 344 g/mol. The summed E-state index contributed by atoms with van der Waals surface area (Å²) in [6, 6.07) is 15.2. The van der Waals surface area contributed by atoms with E-state index in [-0.39, 0.29) is 11.5 Å². The Morgan fingerprint density at radius 1 is 1.15 bits per heavy atom. The quantitative estimate of drug-likeness (QED) is 0.681. The second kappa shape index (κ2) is 5.78. The van der Waals surface area contributed by atoms with Crippen molar-refractivity contribution in [2.45, 2.75) is 19.8 Å². The van der Waals surface area contributed by atoms with Crippen LogP contribution >= 0.6 is 0 Å². The number of ether oxygens (including phenoxy) is 1. The van der Waals surface area contributed by atoms with Gasteiger partial charge in [-0.25, -0.2) is 4.79 Å². The summed E-state index contributed by atoms with van der Waals surface area (Å²) in [6.07, 6.45) is 0. The van der Waals surface area contributed by atoms with Gasteiger partial charge >= 0.3 is 5.63 Å². The first kappa shape index (κ1) is 16.0. The number of aryl methyl sites for hydroxylation is 2. The van der Waals surface area contributed by atoms with E-state index in [0.29, 0.717) is 22.3 Å². The predicted octanol–water partition coefficient (Wildman–Crippen LogP) is 3.63. The maximum absolute atomic E-state index is 12.8. The van der Waals surface area contributed by atoms with Crippen LogP contribution in [-0.2, 0) is 0 Å². The minimum Gasteiger partial charge on any atom is -0.439 e. The first-order chi connectivity index (χ1) is 12.5. The molecule has 2 aromatic carbocycles. The molecule has 1 atom stereocenters. The van der Waals surface area contributed by atoms with Gasteiger partial charge in [0.05, 0.1) is 16.9 Å². The van der Waals surface area contributed by atoms with Gasteiger partial charge in [0.2, 0.25) is 5.88 Å². The van der Waals surface area contributed by atoms with Crippen molar-refractivity contribution in [3.05, 3.63) is 86.6 Å². The maximum Gasteiger partial charge on any atom is 0.344 e. The Hall–Kier alpha value is -3.52. The van der Waals surface area contributed by atoms with Gasteiger partial charge < -0.3 is 14.9 Å². The lowest BCUT2D eigenvalue weighted by atomic mass is 9.81. The van der Waals surface area contributed by atoms with Gasteiger partial charge in [-0.3, -0.25) is 0 Å². The van der Waals surface area contributed by atoms with Crippen LogP contribution in [0.3, 0.4) is 0 Å². The number of allylic oxidation sites excluding steroid dienone is 1. The molecule has 128 valence electrons. The Kier molecular flexibility index (Phi) is 3.55. The van der Waals surface area contributed by atoms with E-state index < -0.39 is 11.5 Å². The number of nitrogens with two attached hydrogens (primary N) is 1. The number of hydrogen-bond donors (Lipinski definition) is 1. The molecule has 2 N–H and O–H groups in total. The van der Waals surface area contributed by atoms with Crippen LogP contribution in [0.1, 0.15) is 28.2 Å². The smallest absolute Gasteiger partial charge is 0.344 e. The molecule has 0 amide bonds. The summed E-state index contributed by atoms with van der Waals surface area (Å²) in [6.45, 7) is 3.91. The van der Waals surface area contributed by atoms with Gasteiger partial charge in [0.25, 0.3) is 0 Å². The number of rotatable bonds is 1. The molecule has 0 radical (unpaired) electrons. The molecule has 0 aliphatic carbocycles. The van der Waals surface area contributed by atoms with Crippen molar-refractivity contribution in [3.8, 4) is 11.8 Å². The van der Waals surface area contributed by atoms with Crippen molar-refractivity contribution in [1.29, 1.82) is 5.26 Å². The topological polar surface area (TPSA) is 89.3 Å². The van der Waals surface area contributed by atoms with Crippen LogP contribution in [0, 0.1) is 25.2 Å². The van der Waals surface area contributed by atoms with Crippen LogP contribution in [0.2, 0.25) is 0 Å². The van der Waals surface area contributed by atoms with Crippen molar-refractivity contribution >= 4 is 11.0 Å². The molecule has 26 heavy (non-hydrogen) atoms. The van der Waals surface area contributed by atoms with E-state index in [1.165, 1.54) is 0 Å². The van der Waals surface area contributed by atoms with E-state index in [1.54, 1.807) is 12.1 Å². The molecule has 5 heteroatoms. The van der Waals surface area contributed by atoms with Crippen molar-refractivity contribution in [1.82, 2.24) is 0 Å². The molecule has 3 aromatic rings. The summed E-state index contributed by atoms with van der Waals surface area (Å²) in [4.78, 5) is 12.8. The zero-order valence-corrected chi connectivity index (χ0v) is 14.4. The van der Waals surface area contributed by atoms with Crippen LogP contribution in [0.25, 0.3) is 11.0 Å². The summed E-state index contributed by atoms with van der Waals surface area (Å²) in [5, 5.41) is 10.3. The fraction of sp³-hybridized carbons (Fsp3) is 0.143. The van der Waals surface area contributed by atoms with Crippen molar-refractivity contribution in [2.24, 2.45) is 5.73 Å². The second-order valence-corrected chi connectivity index (χ2v) is 6.41. The molecule has 0 saturated heterocycles. The minimum absolute atomic E-state index is 0.0154. The molecular formula is C21H16N2O3. The summed E-state index contributed by atoms with van der Waals surface area (Å²) in [5.74, 6) is -0.245. The van der Waals surface area contributed by atoms with Crippen molar-refractivity contribution < 1.29 is 9.15 Å². The van der Waals surface area contributed by atoms with Crippen molar-refractivity contribution in [3.63, 3.8) is 0 Å². The third-order valence-corrected chi connectivity index (χ3v) is 4.72. The van der Waals surface area contributed by atoms with E-state index >= 15 is 0 Å². The van der Waals surface area contributed by atoms with E-state index in [1.807, 2.05) is 44.2 Å². The van der Waals surface area contributed by atoms with E-state index in [0.717, 1.165) is 16.7 Å². The van der Waals surface area contributed by atoms with Crippen LogP contribution in [0.4, 0.5) is 0 Å². The van der Waals surface area contributed by atoms with Gasteiger partial charge in [-0.1, -0.05) is 35.9 Å². The van der Waals surface area contributed by atoms with Crippen molar-refractivity contribution in [2.75, 3.05) is 0 Å². The second-order valence-electron chi connectivity index (χ2n) is 6.41. The number of benzene rings is 2. The van der Waals surface area contributed by atoms with Gasteiger partial charge in [-0.15, -0.1) is 0 Å². The van der Waals surface area contributed by atoms with Gasteiger partial charge in [0.1, 0.15) is 17.2 Å². The fourth-order valence-corrected chi connectivity index (χ4v) is 3.45. The largest absolute Gasteiger partial charge is 0.439 e. The number of hydrogen-bond acceptors (Lipinski definition) is 5. The summed E-state index contributed by atoms with van der Waals surface area (Å²) in [7, 11) is 0. The zero-order chi connectivity index (χ0) is 18.4. The summed E-state index contributed by atoms with van der Waals surface area (Å²) >= 11 is 0. The zero-order valence-electron chi connectivity index (χ0n) is 14.4. The van der Waals surface area contributed by atoms with Gasteiger partial charge in [0, 0.05) is 0 Å². The molecule has 0 unspecified atom stereocenters. The Bertz CT molecular complexity index is 1180. The molecule has 0 fully saturated rings. The highest BCUT2D eigenvalue weighted by Gasteiger charge is 2.36. The van der Waals surface area contributed by atoms with Gasteiger partial charge in [0.15, 0.2) is 5.75 Å². The molecule has 5 nitrogen and oxygen atoms in total. The lowest BCUT2D eigenvalue weighted by molar-refractivity contribution is 0.388. The molecule has 1 aliphatic heterocycles. The van der Waals surface area contributed by atoms with Crippen LogP contribution in [0.5, 0.6) is 5.75 Å². The Morgan fingerprint density at radius 2 is 1.92 bits per heavy atom. The molecule has 0 saturated carbocycles. The molecule has 1 aromatic heterocycles. The Morgan fingerprint density at radius 3 is 2.69 bits per heavy atom. The first-order valence-electron chi connectivity index (χ1n) is 8.21. The molecule has 2 heterocycles. The Balaban J connectivity index is 2.12. The van der Waals surface area contributed by atoms with Crippen LogP contribution < -0.4 is 16.1 Å². The summed E-state index contributed by atoms with van der Waals surface area (Å²) in [5.41, 5.74) is 9.32. The predicted molar refractivity (Wildman–Crippen MR) is 97.7 cm³/mol. The lowest BCUT2D eigenvalue weighted by Crippen LogP contribution is -2.26. The number of nitrogens with zero attached hydrogens (tertiary/aromatic N) is 1. The fourth-order valence-electron chi connectivity index (χ4n) is 3.45. The molecule has 4 rings (SSSR count). The maximum atomic E-state index is 12.8. The highest BCUT2D eigenvalue weighted by Crippen LogP contribution is 2.44. The van der Waals surface area contributed by atoms with Crippen LogP contribution in [-0.4, -0.2) is 0 Å². The Labute approximate surface area is 149 Å². The van der Waals surface area contributed by atoms with Crippen LogP contribution in [0.15, 0.2) is 63.1 Å². The third kappa shape index (κ3) is 2.27. The highest BCUT2D eigenvalue weighted by molar-refractivity contribution is 5.86. The minimum atomic E-state index is -0.621. The standard InChI is InChI=1S/C21H16N2O3/c1-11-7-8-12(2)14(9-11)17-15(10-22)20(23)26-19-13-5-3-4-6-16(13)25-21(24)18(17)19/h3-9,17H,23H2,1-2H3/t17-/m0/s1. The normalized spacial score (nSPS) is 16.1. The van der Waals surface area contributed by atoms with E-state index in [4.69, 9.17) is 14.9 Å². The lowest BCUT2D eigenvalue weighted by Gasteiger charge is -2.27. The summed E-state index contributed by atoms with van der Waals surface area (Å²) < 4.78 is 11.2. The first-order valence-corrected chi connectivity index (χ1v) is 8.21.